The minimum absolute atomic E-state index is 0. The molecule has 14 aromatic carbocycles. The summed E-state index contributed by atoms with van der Waals surface area (Å²) in [6.07, 6.45) is 12.9. The predicted octanol–water partition coefficient (Wildman–Crippen LogP) is 36.1. The molecular weight excluding hydrogens is 1820 g/mol. The quantitative estimate of drug-likeness (QED) is 0.0875. The van der Waals surface area contributed by atoms with Crippen molar-refractivity contribution in [1.82, 2.24) is 0 Å². The van der Waals surface area contributed by atoms with Gasteiger partial charge >= 0.3 is 37.9 Å². The van der Waals surface area contributed by atoms with Gasteiger partial charge in [-0.15, -0.1) is 0 Å². The van der Waals surface area contributed by atoms with Crippen molar-refractivity contribution in [3.63, 3.8) is 0 Å². The van der Waals surface area contributed by atoms with Crippen molar-refractivity contribution in [2.24, 2.45) is 35.5 Å². The van der Waals surface area contributed by atoms with Crippen LogP contribution in [-0.2, 0) is 20.8 Å². The number of hydrogen-bond donors (Lipinski definition) is 0. The second-order valence-corrected chi connectivity index (χ2v) is 56.9. The van der Waals surface area contributed by atoms with Crippen LogP contribution in [-0.4, -0.2) is 28.2 Å². The van der Waals surface area contributed by atoms with Crippen LogP contribution in [0.4, 0.5) is 56.9 Å². The fraction of sp³-hybridized carbons (Fsp3) is 0.237. The average Bonchev–Trinajstić information content (AvgIpc) is 1.55. The molecule has 0 amide bonds. The summed E-state index contributed by atoms with van der Waals surface area (Å²) < 4.78 is 0. The molecule has 24 rings (SSSR count). The van der Waals surface area contributed by atoms with E-state index in [1.54, 1.807) is 11.1 Å². The van der Waals surface area contributed by atoms with Crippen LogP contribution in [0.25, 0.3) is 34.4 Å². The first-order valence-electron chi connectivity index (χ1n) is 46.6. The average molecular weight is 1930 g/mol. The summed E-state index contributed by atoms with van der Waals surface area (Å²) >= 11 is 6.84. The van der Waals surface area contributed by atoms with Crippen molar-refractivity contribution in [3.8, 4) is 22.3 Å². The first-order valence-corrected chi connectivity index (χ1v) is 62.5. The first-order chi connectivity index (χ1) is 63.1. The maximum atomic E-state index is 4.93. The van der Waals surface area contributed by atoms with E-state index in [0.717, 1.165) is 46.6 Å². The zero-order chi connectivity index (χ0) is 87.5. The van der Waals surface area contributed by atoms with E-state index in [1.165, 1.54) is 190 Å². The molecule has 14 unspecified atom stereocenters. The van der Waals surface area contributed by atoms with Crippen molar-refractivity contribution in [2.75, 3.05) is 19.6 Å². The summed E-state index contributed by atoms with van der Waals surface area (Å²) in [6.45, 7) is 21.4. The Morgan fingerprint density at radius 2 is 0.565 bits per heavy atom. The molecule has 656 valence electrons. The van der Waals surface area contributed by atoms with Crippen LogP contribution >= 0.6 is 64.1 Å². The fourth-order valence-electron chi connectivity index (χ4n) is 27.1. The van der Waals surface area contributed by atoms with Gasteiger partial charge < -0.3 is 34.5 Å². The van der Waals surface area contributed by atoms with Gasteiger partial charge in [-0.2, -0.15) is 0 Å². The molecule has 0 bridgehead atoms. The number of nitrogens with zero attached hydrogens (tertiary/aromatic N) is 4. The molecule has 4 nitrogen and oxygen atoms in total. The summed E-state index contributed by atoms with van der Waals surface area (Å²) in [4.78, 5) is 21.5. The van der Waals surface area contributed by atoms with Crippen LogP contribution in [0, 0.1) is 50.4 Å². The second-order valence-electron chi connectivity index (χ2n) is 39.1. The molecule has 0 saturated heterocycles. The topological polar surface area (TPSA) is 13.0 Å². The van der Waals surface area contributed by atoms with E-state index < -0.39 is 37.0 Å². The Morgan fingerprint density at radius 3 is 0.863 bits per heavy atom. The Balaban J connectivity index is 0.000000157. The number of rotatable bonds is 12. The molecule has 4 heterocycles. The Labute approximate surface area is 816 Å². The van der Waals surface area contributed by atoms with Crippen molar-refractivity contribution >= 4 is 149 Å². The molecule has 13 heteroatoms. The molecule has 4 saturated carbocycles. The van der Waals surface area contributed by atoms with Crippen LogP contribution in [0.5, 0.6) is 0 Å². The van der Waals surface area contributed by atoms with Crippen LogP contribution in [0.2, 0.25) is 37.3 Å². The van der Waals surface area contributed by atoms with Gasteiger partial charge in [0.2, 0.25) is 0 Å². The summed E-state index contributed by atoms with van der Waals surface area (Å²) in [5.41, 5.74) is 32.2. The van der Waals surface area contributed by atoms with E-state index in [9.17, 15) is 0 Å². The summed E-state index contributed by atoms with van der Waals surface area (Å²) in [7, 11) is 5.61. The van der Waals surface area contributed by atoms with Gasteiger partial charge in [-0.1, -0.05) is 329 Å². The molecule has 14 aromatic rings. The van der Waals surface area contributed by atoms with Crippen molar-refractivity contribution in [2.45, 2.75) is 178 Å². The van der Waals surface area contributed by atoms with E-state index in [-0.39, 0.29) is 14.9 Å². The minimum atomic E-state index is -2.33. The molecule has 0 radical (unpaired) electrons. The van der Waals surface area contributed by atoms with Crippen molar-refractivity contribution in [3.05, 3.63) is 399 Å². The van der Waals surface area contributed by atoms with E-state index in [2.05, 4.69) is 425 Å². The molecule has 4 fully saturated rings. The standard InChI is InChI=1S/C58H62N2S2Si.C58H46N2S2Si.2CH3.2ClH.Zr/c2*1-37-31-45-43(39-19-7-5-8-20-39)33-41(59-49-23-11-15-27-53(49)61-54-28-16-12-24-50(54)59)35-47(45)57(37)63(3,4)58-38(2)32-46-44(40-21-9-6-10-22-40)34-42(36-48(46)58)60-51-25-13-17-29-55(51)62-56-30-18-14-26-52(56)60;;;;;/h5-30,37-38,41-48,57-58H,31-36H2,1-4H3;5-36,57-58H,1-4H3;2*1H3;2*1H;/q;;2*-1;;;+4/p-2. The van der Waals surface area contributed by atoms with Crippen molar-refractivity contribution in [1.29, 1.82) is 0 Å². The molecule has 0 N–H and O–H groups in total. The Bertz CT molecular complexity index is 6080. The Morgan fingerprint density at radius 1 is 0.305 bits per heavy atom. The zero-order valence-electron chi connectivity index (χ0n) is 76.5. The van der Waals surface area contributed by atoms with E-state index >= 15 is 0 Å². The van der Waals surface area contributed by atoms with Gasteiger partial charge in [0.15, 0.2) is 0 Å². The van der Waals surface area contributed by atoms with Gasteiger partial charge in [-0.25, -0.2) is 0 Å². The molecule has 131 heavy (non-hydrogen) atoms. The maximum absolute atomic E-state index is 4.93. The fourth-order valence-corrected chi connectivity index (χ4v) is 43.0. The van der Waals surface area contributed by atoms with Gasteiger partial charge in [-0.3, -0.25) is 0 Å². The van der Waals surface area contributed by atoms with Gasteiger partial charge in [0.05, 0.1) is 61.6 Å². The first kappa shape index (κ1) is 89.9. The summed E-state index contributed by atoms with van der Waals surface area (Å²) in [5, 5.41) is 0. The molecule has 14 atom stereocenters. The second kappa shape index (κ2) is 37.4. The SMILES string of the molecule is CC1=Cc2c(-c3ccccc3)cc(N3c4ccccc4Sc4ccccc43)cc2C1[Si](C)(C)C1C(C)=Cc2c(-c3ccccc3)cc(N3c4ccccc4Sc4ccccc43)cc21.CC1CC2C(c3ccccc3)CC(N3c4ccccc4Sc4ccccc43)CC2C1[Si](C)(C)C1C(C)CC2C(c3ccccc3)CC(N3c4ccccc4Sc4ccccc43)CC21.[CH3-].[CH3-].[Cl][Zr+2][Cl]. The van der Waals surface area contributed by atoms with Gasteiger partial charge in [0.1, 0.15) is 0 Å². The zero-order valence-corrected chi connectivity index (χ0v) is 85.7. The third-order valence-electron chi connectivity index (χ3n) is 31.3. The van der Waals surface area contributed by atoms with Gasteiger partial charge in [0, 0.05) is 73.7 Å². The number of fused-ring (bicyclic) bond motifs is 12. The van der Waals surface area contributed by atoms with E-state index in [4.69, 9.17) is 17.0 Å². The molecular formula is C118H114Cl2N4S4Si2Zr. The molecule has 10 aliphatic rings. The van der Waals surface area contributed by atoms with Crippen LogP contribution < -0.4 is 19.6 Å². The van der Waals surface area contributed by atoms with E-state index in [0.29, 0.717) is 35.0 Å². The number of benzene rings is 14. The van der Waals surface area contributed by atoms with Gasteiger partial charge in [0.25, 0.3) is 0 Å². The number of hydrogen-bond acceptors (Lipinski definition) is 8. The number of allylic oxidation sites excluding steroid dienone is 2. The predicted molar refractivity (Wildman–Crippen MR) is 565 cm³/mol. The van der Waals surface area contributed by atoms with Crippen LogP contribution in [0.15, 0.2) is 390 Å². The van der Waals surface area contributed by atoms with Gasteiger partial charge in [-0.05, 0) is 288 Å². The monoisotopic (exact) mass is 1930 g/mol. The summed E-state index contributed by atoms with van der Waals surface area (Å²) in [6, 6.07) is 129. The Kier molecular flexibility index (Phi) is 25.7. The summed E-state index contributed by atoms with van der Waals surface area (Å²) in [5.74, 6) is 5.58. The molecule has 0 aromatic heterocycles. The van der Waals surface area contributed by atoms with Crippen LogP contribution in [0.3, 0.4) is 0 Å². The third kappa shape index (κ3) is 16.0. The Hall–Kier alpha value is -8.94. The van der Waals surface area contributed by atoms with Crippen molar-refractivity contribution < 1.29 is 20.8 Å². The van der Waals surface area contributed by atoms with E-state index in [1.807, 2.05) is 47.0 Å². The number of para-hydroxylation sites is 8. The molecule has 6 aliphatic carbocycles. The molecule has 4 aliphatic heterocycles. The van der Waals surface area contributed by atoms with Crippen LogP contribution in [0.1, 0.15) is 123 Å². The number of anilines is 10. The third-order valence-corrected chi connectivity index (χ3v) is 45.7. The number of halogens is 2. The normalized spacial score (nSPS) is 23.5. The molecule has 0 spiro atoms.